The van der Waals surface area contributed by atoms with Crippen molar-refractivity contribution in [1.82, 2.24) is 14.5 Å². The third-order valence-electron chi connectivity index (χ3n) is 5.65. The molecule has 0 aliphatic heterocycles. The number of halogens is 2. The number of nitrogens with zero attached hydrogens (tertiary/aromatic N) is 3. The van der Waals surface area contributed by atoms with Gasteiger partial charge in [0.05, 0.1) is 15.7 Å². The molecule has 2 rings (SSSR count). The van der Waals surface area contributed by atoms with Gasteiger partial charge in [0.1, 0.15) is 12.6 Å². The van der Waals surface area contributed by atoms with E-state index in [1.54, 1.807) is 44.2 Å². The summed E-state index contributed by atoms with van der Waals surface area (Å²) in [5.74, 6) is -0.913. The number of rotatable bonds is 9. The van der Waals surface area contributed by atoms with E-state index in [2.05, 4.69) is 5.32 Å². The number of hydrogen-bond donors (Lipinski definition) is 1. The van der Waals surface area contributed by atoms with Crippen molar-refractivity contribution < 1.29 is 18.0 Å². The highest BCUT2D eigenvalue weighted by atomic mass is 35.5. The number of aryl methyl sites for hydroxylation is 2. The van der Waals surface area contributed by atoms with Crippen LogP contribution < -0.4 is 9.62 Å². The molecule has 0 aliphatic rings. The first-order valence-electron chi connectivity index (χ1n) is 11.8. The van der Waals surface area contributed by atoms with E-state index < -0.39 is 34.2 Å². The molecule has 2 amide bonds. The SMILES string of the molecule is Cc1ccc(C)c(N(CC(=O)N(Cc2ccc(Cl)c(Cl)c2)C(C)C(=O)NC(C)(C)C)S(=O)(=O)N(C)C)c1. The fourth-order valence-corrected chi connectivity index (χ4v) is 5.02. The molecule has 0 aromatic heterocycles. The summed E-state index contributed by atoms with van der Waals surface area (Å²) in [6, 6.07) is 9.45. The summed E-state index contributed by atoms with van der Waals surface area (Å²) in [4.78, 5) is 28.3. The summed E-state index contributed by atoms with van der Waals surface area (Å²) >= 11 is 12.2. The quantitative estimate of drug-likeness (QED) is 0.478. The second kappa shape index (κ2) is 12.0. The summed E-state index contributed by atoms with van der Waals surface area (Å²) < 4.78 is 28.8. The Balaban J connectivity index is 2.55. The summed E-state index contributed by atoms with van der Waals surface area (Å²) in [5.41, 5.74) is 2.05. The van der Waals surface area contributed by atoms with Crippen LogP contribution in [0.4, 0.5) is 5.69 Å². The molecule has 8 nitrogen and oxygen atoms in total. The maximum absolute atomic E-state index is 13.8. The molecule has 1 atom stereocenters. The molecule has 0 fully saturated rings. The minimum absolute atomic E-state index is 0.0249. The van der Waals surface area contributed by atoms with E-state index in [1.165, 1.54) is 19.0 Å². The van der Waals surface area contributed by atoms with Crippen molar-refractivity contribution in [1.29, 1.82) is 0 Å². The lowest BCUT2D eigenvalue weighted by Gasteiger charge is -2.34. The highest BCUT2D eigenvalue weighted by Gasteiger charge is 2.34. The van der Waals surface area contributed by atoms with E-state index in [-0.39, 0.29) is 12.5 Å². The number of amides is 2. The minimum Gasteiger partial charge on any atom is -0.350 e. The normalized spacial score (nSPS) is 12.8. The Morgan fingerprint density at radius 1 is 1.00 bits per heavy atom. The highest BCUT2D eigenvalue weighted by Crippen LogP contribution is 2.27. The fourth-order valence-electron chi connectivity index (χ4n) is 3.58. The van der Waals surface area contributed by atoms with Gasteiger partial charge in [0.25, 0.3) is 0 Å². The van der Waals surface area contributed by atoms with E-state index in [4.69, 9.17) is 23.2 Å². The molecule has 11 heteroatoms. The van der Waals surface area contributed by atoms with Crippen molar-refractivity contribution in [2.24, 2.45) is 0 Å². The first-order valence-corrected chi connectivity index (χ1v) is 13.9. The zero-order valence-electron chi connectivity index (χ0n) is 22.6. The van der Waals surface area contributed by atoms with Gasteiger partial charge in [0.15, 0.2) is 0 Å². The summed E-state index contributed by atoms with van der Waals surface area (Å²) in [6.45, 7) is 10.3. The van der Waals surface area contributed by atoms with Crippen LogP contribution in [0.1, 0.15) is 44.4 Å². The van der Waals surface area contributed by atoms with Crippen molar-refractivity contribution in [2.75, 3.05) is 24.9 Å². The number of anilines is 1. The van der Waals surface area contributed by atoms with Gasteiger partial charge in [-0.15, -0.1) is 0 Å². The number of benzene rings is 2. The maximum atomic E-state index is 13.8. The number of carbonyl (C=O) groups excluding carboxylic acids is 2. The highest BCUT2D eigenvalue weighted by molar-refractivity contribution is 7.90. The molecule has 0 saturated carbocycles. The molecule has 37 heavy (non-hydrogen) atoms. The first-order chi connectivity index (χ1) is 16.9. The van der Waals surface area contributed by atoms with E-state index in [0.29, 0.717) is 26.9 Å². The molecule has 1 unspecified atom stereocenters. The average Bonchev–Trinajstić information content (AvgIpc) is 2.77. The lowest BCUT2D eigenvalue weighted by atomic mass is 10.1. The summed E-state index contributed by atoms with van der Waals surface area (Å²) in [5, 5.41) is 3.56. The molecule has 0 spiro atoms. The molecular weight excluding hydrogens is 535 g/mol. The zero-order chi connectivity index (χ0) is 28.3. The molecule has 0 aliphatic carbocycles. The van der Waals surface area contributed by atoms with Crippen molar-refractivity contribution in [3.05, 3.63) is 63.1 Å². The standard InChI is InChI=1S/C26H36Cl2N4O4S/c1-17-9-10-18(2)23(13-17)32(37(35,36)30(7)8)16-24(33)31(19(3)25(34)29-26(4,5)6)15-20-11-12-21(27)22(28)14-20/h9-14,19H,15-16H2,1-8H3,(H,29,34). The van der Waals surface area contributed by atoms with Crippen molar-refractivity contribution in [3.63, 3.8) is 0 Å². The summed E-state index contributed by atoms with van der Waals surface area (Å²) in [6.07, 6.45) is 0. The topological polar surface area (TPSA) is 90.0 Å². The smallest absolute Gasteiger partial charge is 0.304 e. The van der Waals surface area contributed by atoms with Crippen LogP contribution in [0.15, 0.2) is 36.4 Å². The lowest BCUT2D eigenvalue weighted by Crippen LogP contribution is -2.55. The predicted octanol–water partition coefficient (Wildman–Crippen LogP) is 4.56. The van der Waals surface area contributed by atoms with Crippen LogP contribution in [-0.4, -0.2) is 61.7 Å². The van der Waals surface area contributed by atoms with Gasteiger partial charge in [-0.2, -0.15) is 12.7 Å². The average molecular weight is 572 g/mol. The molecule has 1 N–H and O–H groups in total. The third-order valence-corrected chi connectivity index (χ3v) is 8.20. The maximum Gasteiger partial charge on any atom is 0.304 e. The van der Waals surface area contributed by atoms with Crippen molar-refractivity contribution in [2.45, 2.75) is 59.7 Å². The molecule has 0 saturated heterocycles. The monoisotopic (exact) mass is 570 g/mol. The third kappa shape index (κ3) is 8.07. The van der Waals surface area contributed by atoms with E-state index in [0.717, 1.165) is 14.2 Å². The number of nitrogens with one attached hydrogen (secondary N) is 1. The van der Waals surface area contributed by atoms with Gasteiger partial charge in [-0.1, -0.05) is 41.4 Å². The van der Waals surface area contributed by atoms with Gasteiger partial charge >= 0.3 is 10.2 Å². The Labute approximate surface area is 230 Å². The minimum atomic E-state index is -4.04. The molecule has 204 valence electrons. The van der Waals surface area contributed by atoms with E-state index in [9.17, 15) is 18.0 Å². The fraction of sp³-hybridized carbons (Fsp3) is 0.462. The van der Waals surface area contributed by atoms with Crippen molar-refractivity contribution in [3.8, 4) is 0 Å². The second-order valence-electron chi connectivity index (χ2n) is 10.3. The Morgan fingerprint density at radius 2 is 1.62 bits per heavy atom. The van der Waals surface area contributed by atoms with Crippen LogP contribution in [0.25, 0.3) is 0 Å². The lowest BCUT2D eigenvalue weighted by molar-refractivity contribution is -0.140. The molecular formula is C26H36Cl2N4O4S. The van der Waals surface area contributed by atoms with Crippen LogP contribution in [0.2, 0.25) is 10.0 Å². The Kier molecular flexibility index (Phi) is 10.0. The van der Waals surface area contributed by atoms with Gasteiger partial charge in [-0.25, -0.2) is 4.31 Å². The van der Waals surface area contributed by atoms with Crippen LogP contribution in [0.3, 0.4) is 0 Å². The number of hydrogen-bond acceptors (Lipinski definition) is 4. The van der Waals surface area contributed by atoms with Gasteiger partial charge in [-0.3, -0.25) is 9.59 Å². The van der Waals surface area contributed by atoms with Crippen LogP contribution >= 0.6 is 23.2 Å². The Morgan fingerprint density at radius 3 is 2.16 bits per heavy atom. The van der Waals surface area contributed by atoms with Crippen LogP contribution in [0, 0.1) is 13.8 Å². The molecule has 2 aromatic carbocycles. The first kappa shape index (κ1) is 30.9. The van der Waals surface area contributed by atoms with E-state index in [1.807, 2.05) is 33.8 Å². The van der Waals surface area contributed by atoms with Gasteiger partial charge in [-0.05, 0) is 76.4 Å². The predicted molar refractivity (Wildman–Crippen MR) is 150 cm³/mol. The Hall–Kier alpha value is -2.33. The molecule has 0 radical (unpaired) electrons. The Bertz CT molecular complexity index is 1260. The molecule has 0 heterocycles. The van der Waals surface area contributed by atoms with Crippen LogP contribution in [-0.2, 0) is 26.3 Å². The second-order valence-corrected chi connectivity index (χ2v) is 13.2. The van der Waals surface area contributed by atoms with Crippen LogP contribution in [0.5, 0.6) is 0 Å². The van der Waals surface area contributed by atoms with E-state index >= 15 is 0 Å². The van der Waals surface area contributed by atoms with Gasteiger partial charge in [0.2, 0.25) is 11.8 Å². The van der Waals surface area contributed by atoms with Crippen molar-refractivity contribution >= 4 is 50.9 Å². The molecule has 0 bridgehead atoms. The summed E-state index contributed by atoms with van der Waals surface area (Å²) in [7, 11) is -1.22. The largest absolute Gasteiger partial charge is 0.350 e. The number of carbonyl (C=O) groups is 2. The van der Waals surface area contributed by atoms with Gasteiger partial charge in [0, 0.05) is 26.2 Å². The molecule has 2 aromatic rings. The van der Waals surface area contributed by atoms with Gasteiger partial charge < -0.3 is 10.2 Å². The zero-order valence-corrected chi connectivity index (χ0v) is 24.9.